The van der Waals surface area contributed by atoms with Crippen molar-refractivity contribution in [2.75, 3.05) is 33.4 Å². The fourth-order valence-corrected chi connectivity index (χ4v) is 5.83. The number of hydrogen-bond acceptors (Lipinski definition) is 3. The number of aryl methyl sites for hydroxylation is 1. The number of nitrogens with zero attached hydrogens (tertiary/aromatic N) is 2. The van der Waals surface area contributed by atoms with Gasteiger partial charge in [0, 0.05) is 23.2 Å². The molecular formula is C32H34N2O2. The van der Waals surface area contributed by atoms with Crippen LogP contribution >= 0.6 is 0 Å². The van der Waals surface area contributed by atoms with E-state index in [0.717, 1.165) is 31.1 Å². The van der Waals surface area contributed by atoms with Gasteiger partial charge in [0.15, 0.2) is 0 Å². The molecule has 4 heteroatoms. The minimum Gasteiger partial charge on any atom is -0.497 e. The van der Waals surface area contributed by atoms with Crippen LogP contribution in [0.2, 0.25) is 0 Å². The molecule has 1 saturated heterocycles. The van der Waals surface area contributed by atoms with E-state index >= 15 is 0 Å². The Morgan fingerprint density at radius 2 is 1.53 bits per heavy atom. The summed E-state index contributed by atoms with van der Waals surface area (Å²) in [6.45, 7) is 6.42. The molecule has 3 aromatic heterocycles. The standard InChI is InChI=1S/C32H34N2O2/c1-3-28-30-9-7-8-25-22-29(32(34(25)30)31(28)24-12-14-26(35-2)15-13-24)23-10-16-27(17-11-23)36-21-20-33-18-5-4-6-19-33/h7-17,22H,3-6,18-21H2,1-2H3. The van der Waals surface area contributed by atoms with Crippen LogP contribution in [0.15, 0.2) is 72.8 Å². The Labute approximate surface area is 213 Å². The van der Waals surface area contributed by atoms with E-state index in [1.807, 2.05) is 0 Å². The lowest BCUT2D eigenvalue weighted by molar-refractivity contribution is 0.183. The van der Waals surface area contributed by atoms with Crippen molar-refractivity contribution in [3.05, 3.63) is 78.4 Å². The van der Waals surface area contributed by atoms with Crippen molar-refractivity contribution in [1.82, 2.24) is 9.30 Å². The third-order valence-electron chi connectivity index (χ3n) is 7.66. The molecule has 0 unspecified atom stereocenters. The van der Waals surface area contributed by atoms with Crippen LogP contribution in [0.25, 0.3) is 38.8 Å². The maximum absolute atomic E-state index is 6.10. The van der Waals surface area contributed by atoms with Crippen molar-refractivity contribution in [1.29, 1.82) is 0 Å². The van der Waals surface area contributed by atoms with Gasteiger partial charge in [-0.15, -0.1) is 0 Å². The predicted octanol–water partition coefficient (Wildman–Crippen LogP) is 7.30. The summed E-state index contributed by atoms with van der Waals surface area (Å²) >= 11 is 0. The highest BCUT2D eigenvalue weighted by atomic mass is 16.5. The van der Waals surface area contributed by atoms with Crippen molar-refractivity contribution in [3.63, 3.8) is 0 Å². The number of methoxy groups -OCH3 is 1. The van der Waals surface area contributed by atoms with Gasteiger partial charge in [0.2, 0.25) is 0 Å². The maximum Gasteiger partial charge on any atom is 0.119 e. The Kier molecular flexibility index (Phi) is 6.28. The molecule has 6 rings (SSSR count). The van der Waals surface area contributed by atoms with Crippen molar-refractivity contribution in [3.8, 4) is 33.8 Å². The molecule has 1 aliphatic rings. The molecule has 4 heterocycles. The highest BCUT2D eigenvalue weighted by Crippen LogP contribution is 2.43. The third-order valence-corrected chi connectivity index (χ3v) is 7.66. The summed E-state index contributed by atoms with van der Waals surface area (Å²) in [5.41, 5.74) is 10.2. The van der Waals surface area contributed by atoms with E-state index in [4.69, 9.17) is 9.47 Å². The van der Waals surface area contributed by atoms with E-state index in [1.54, 1.807) is 7.11 Å². The molecule has 0 aliphatic carbocycles. The van der Waals surface area contributed by atoms with Crippen molar-refractivity contribution >= 4 is 16.6 Å². The summed E-state index contributed by atoms with van der Waals surface area (Å²) in [7, 11) is 1.72. The second kappa shape index (κ2) is 9.87. The van der Waals surface area contributed by atoms with Gasteiger partial charge in [-0.1, -0.05) is 43.7 Å². The number of aromatic nitrogens is 1. The number of rotatable bonds is 8. The SMILES string of the molecule is CCc1c(-c2ccc(OC)cc2)c2c(-c3ccc(OCCN4CCCCC4)cc3)cc3cccc1n32. The van der Waals surface area contributed by atoms with E-state index in [2.05, 4.69) is 89.0 Å². The Morgan fingerprint density at radius 3 is 2.25 bits per heavy atom. The maximum atomic E-state index is 6.10. The monoisotopic (exact) mass is 478 g/mol. The Bertz CT molecular complexity index is 1440. The molecule has 1 fully saturated rings. The molecule has 4 nitrogen and oxygen atoms in total. The third kappa shape index (κ3) is 4.10. The highest BCUT2D eigenvalue weighted by Gasteiger charge is 2.22. The van der Waals surface area contributed by atoms with Crippen LogP contribution in [0, 0.1) is 0 Å². The van der Waals surface area contributed by atoms with E-state index in [9.17, 15) is 0 Å². The Balaban J connectivity index is 1.35. The molecule has 5 aromatic rings. The summed E-state index contributed by atoms with van der Waals surface area (Å²) in [6, 6.07) is 26.1. The highest BCUT2D eigenvalue weighted by molar-refractivity contribution is 6.03. The summed E-state index contributed by atoms with van der Waals surface area (Å²) < 4.78 is 14.0. The lowest BCUT2D eigenvalue weighted by atomic mass is 9.96. The van der Waals surface area contributed by atoms with Gasteiger partial charge in [0.05, 0.1) is 18.1 Å². The summed E-state index contributed by atoms with van der Waals surface area (Å²) in [5, 5.41) is 0. The molecule has 2 aromatic carbocycles. The number of hydrogen-bond donors (Lipinski definition) is 0. The number of ether oxygens (including phenoxy) is 2. The molecule has 0 bridgehead atoms. The van der Waals surface area contributed by atoms with Gasteiger partial charge in [-0.2, -0.15) is 0 Å². The molecule has 0 radical (unpaired) electrons. The van der Waals surface area contributed by atoms with Crippen LogP contribution in [0.1, 0.15) is 31.7 Å². The van der Waals surface area contributed by atoms with Crippen molar-refractivity contribution in [2.24, 2.45) is 0 Å². The van der Waals surface area contributed by atoms with Gasteiger partial charge in [0.25, 0.3) is 0 Å². The Morgan fingerprint density at radius 1 is 0.806 bits per heavy atom. The van der Waals surface area contributed by atoms with Gasteiger partial charge >= 0.3 is 0 Å². The fourth-order valence-electron chi connectivity index (χ4n) is 5.83. The quantitative estimate of drug-likeness (QED) is 0.234. The lowest BCUT2D eigenvalue weighted by Crippen LogP contribution is -2.33. The van der Waals surface area contributed by atoms with Crippen LogP contribution < -0.4 is 9.47 Å². The summed E-state index contributed by atoms with van der Waals surface area (Å²) in [6.07, 6.45) is 4.98. The number of likely N-dealkylation sites (tertiary alicyclic amines) is 1. The lowest BCUT2D eigenvalue weighted by Gasteiger charge is -2.26. The minimum atomic E-state index is 0.744. The fraction of sp³-hybridized carbons (Fsp3) is 0.312. The van der Waals surface area contributed by atoms with E-state index < -0.39 is 0 Å². The van der Waals surface area contributed by atoms with Crippen LogP contribution in [0.5, 0.6) is 11.5 Å². The predicted molar refractivity (Wildman–Crippen MR) is 149 cm³/mol. The molecule has 184 valence electrons. The number of piperidine rings is 1. The molecule has 0 amide bonds. The number of benzene rings is 2. The smallest absolute Gasteiger partial charge is 0.119 e. The molecule has 0 saturated carbocycles. The Hall–Kier alpha value is -3.50. The summed E-state index contributed by atoms with van der Waals surface area (Å²) in [5.74, 6) is 1.82. The van der Waals surface area contributed by atoms with Crippen molar-refractivity contribution < 1.29 is 9.47 Å². The normalized spacial score (nSPS) is 14.6. The molecular weight excluding hydrogens is 444 g/mol. The average Bonchev–Trinajstić information content (AvgIpc) is 3.48. The first-order chi connectivity index (χ1) is 17.8. The summed E-state index contributed by atoms with van der Waals surface area (Å²) in [4.78, 5) is 2.52. The zero-order valence-electron chi connectivity index (χ0n) is 21.3. The van der Waals surface area contributed by atoms with E-state index in [1.165, 1.54) is 76.7 Å². The largest absolute Gasteiger partial charge is 0.497 e. The first kappa shape index (κ1) is 22.9. The van der Waals surface area contributed by atoms with Crippen LogP contribution in [-0.2, 0) is 6.42 Å². The van der Waals surface area contributed by atoms with Crippen LogP contribution in [0.3, 0.4) is 0 Å². The molecule has 0 N–H and O–H groups in total. The van der Waals surface area contributed by atoms with Gasteiger partial charge in [-0.05, 0) is 91.5 Å². The van der Waals surface area contributed by atoms with Gasteiger partial charge in [-0.3, -0.25) is 4.90 Å². The van der Waals surface area contributed by atoms with Crippen molar-refractivity contribution in [2.45, 2.75) is 32.6 Å². The minimum absolute atomic E-state index is 0.744. The zero-order chi connectivity index (χ0) is 24.5. The molecule has 1 aliphatic heterocycles. The number of pyridine rings is 1. The first-order valence-electron chi connectivity index (χ1n) is 13.2. The topological polar surface area (TPSA) is 26.1 Å². The van der Waals surface area contributed by atoms with Gasteiger partial charge in [0.1, 0.15) is 18.1 Å². The van der Waals surface area contributed by atoms with E-state index in [0.29, 0.717) is 0 Å². The average molecular weight is 479 g/mol. The van der Waals surface area contributed by atoms with Crippen LogP contribution in [0.4, 0.5) is 0 Å². The van der Waals surface area contributed by atoms with Gasteiger partial charge in [-0.25, -0.2) is 0 Å². The molecule has 36 heavy (non-hydrogen) atoms. The second-order valence-electron chi connectivity index (χ2n) is 9.79. The van der Waals surface area contributed by atoms with E-state index in [-0.39, 0.29) is 0 Å². The van der Waals surface area contributed by atoms with Gasteiger partial charge < -0.3 is 13.9 Å². The molecule has 0 spiro atoms. The van der Waals surface area contributed by atoms with Crippen LogP contribution in [-0.4, -0.2) is 42.7 Å². The first-order valence-corrected chi connectivity index (χ1v) is 13.2. The zero-order valence-corrected chi connectivity index (χ0v) is 21.3. The second-order valence-corrected chi connectivity index (χ2v) is 9.79. The molecule has 0 atom stereocenters.